The first kappa shape index (κ1) is 25.7. The van der Waals surface area contributed by atoms with Gasteiger partial charge >= 0.3 is 0 Å². The third-order valence-corrected chi connectivity index (χ3v) is 7.27. The maximum Gasteiger partial charge on any atom is 0.123 e. The lowest BCUT2D eigenvalue weighted by atomic mass is 10.0. The second-order valence-electron chi connectivity index (χ2n) is 9.76. The number of hydrogen-bond acceptors (Lipinski definition) is 6. The third kappa shape index (κ3) is 5.18. The molecule has 1 fully saturated rings. The predicted octanol–water partition coefficient (Wildman–Crippen LogP) is 7.15. The van der Waals surface area contributed by atoms with E-state index in [2.05, 4.69) is 32.0 Å². The Hall–Kier alpha value is -4.55. The number of rotatable bonds is 9. The zero-order valence-electron chi connectivity index (χ0n) is 21.2. The minimum Gasteiger partial charge on any atom is -0.374 e. The highest BCUT2D eigenvalue weighted by atomic mass is 35.5. The third-order valence-electron chi connectivity index (χ3n) is 6.98. The molecule has 2 atom stereocenters. The molecule has 2 heterocycles. The van der Waals surface area contributed by atoms with E-state index in [0.29, 0.717) is 39.0 Å². The first-order chi connectivity index (χ1) is 19.5. The highest BCUT2D eigenvalue weighted by Gasteiger charge is 2.27. The molecular formula is C30H24ClF2N7. The van der Waals surface area contributed by atoms with Gasteiger partial charge in [0.05, 0.1) is 46.1 Å². The lowest BCUT2D eigenvalue weighted by Gasteiger charge is -2.22. The maximum absolute atomic E-state index is 14.2. The van der Waals surface area contributed by atoms with Crippen LogP contribution in [0.15, 0.2) is 79.1 Å². The van der Waals surface area contributed by atoms with E-state index in [1.807, 2.05) is 47.3 Å². The molecule has 1 aliphatic rings. The Labute approximate surface area is 234 Å². The molecule has 0 bridgehead atoms. The smallest absolute Gasteiger partial charge is 0.123 e. The van der Waals surface area contributed by atoms with E-state index >= 15 is 0 Å². The molecule has 0 aliphatic heterocycles. The van der Waals surface area contributed by atoms with Gasteiger partial charge in [0.25, 0.3) is 0 Å². The molecule has 0 radical (unpaired) electrons. The van der Waals surface area contributed by atoms with Crippen molar-refractivity contribution in [2.45, 2.75) is 31.0 Å². The van der Waals surface area contributed by atoms with Crippen LogP contribution in [0.2, 0.25) is 5.02 Å². The number of pyridine rings is 1. The average molecular weight is 556 g/mol. The lowest BCUT2D eigenvalue weighted by Crippen LogP contribution is -2.15. The molecule has 0 spiro atoms. The van der Waals surface area contributed by atoms with E-state index in [4.69, 9.17) is 11.6 Å². The number of nitrogens with one attached hydrogen (secondary N) is 2. The first-order valence-corrected chi connectivity index (χ1v) is 13.3. The molecule has 200 valence electrons. The zero-order chi connectivity index (χ0) is 27.6. The minimum absolute atomic E-state index is 0.262. The summed E-state index contributed by atoms with van der Waals surface area (Å²) in [5.74, 6) is -0.343. The number of benzene rings is 3. The fraction of sp³-hybridized carbons (Fsp3) is 0.200. The molecular weight excluding hydrogens is 532 g/mol. The number of anilines is 2. The fourth-order valence-electron chi connectivity index (χ4n) is 4.74. The number of hydrogen-bond donors (Lipinski definition) is 2. The summed E-state index contributed by atoms with van der Waals surface area (Å²) in [5.41, 5.74) is 3.97. The number of nitrogens with zero attached hydrogens (tertiary/aromatic N) is 5. The average Bonchev–Trinajstić information content (AvgIpc) is 3.72. The molecule has 1 aliphatic carbocycles. The minimum atomic E-state index is -0.687. The molecule has 6 rings (SSSR count). The van der Waals surface area contributed by atoms with E-state index in [1.165, 1.54) is 18.3 Å². The molecule has 2 unspecified atom stereocenters. The summed E-state index contributed by atoms with van der Waals surface area (Å²) in [6.07, 6.45) is 5.45. The van der Waals surface area contributed by atoms with Crippen LogP contribution in [0.3, 0.4) is 0 Å². The number of halogens is 3. The molecule has 5 aromatic rings. The molecule has 3 aromatic carbocycles. The van der Waals surface area contributed by atoms with Gasteiger partial charge in [-0.25, -0.2) is 13.5 Å². The van der Waals surface area contributed by atoms with Crippen LogP contribution in [0.1, 0.15) is 53.4 Å². The number of fused-ring (bicyclic) bond motifs is 1. The van der Waals surface area contributed by atoms with Gasteiger partial charge < -0.3 is 10.6 Å². The van der Waals surface area contributed by atoms with E-state index in [9.17, 15) is 14.0 Å². The van der Waals surface area contributed by atoms with Crippen molar-refractivity contribution in [1.29, 1.82) is 5.26 Å². The topological polar surface area (TPSA) is 91.5 Å². The van der Waals surface area contributed by atoms with Crippen LogP contribution in [0.25, 0.3) is 10.9 Å². The summed E-state index contributed by atoms with van der Waals surface area (Å²) in [6.45, 7) is -0.687. The van der Waals surface area contributed by atoms with Gasteiger partial charge in [-0.3, -0.25) is 4.98 Å². The molecule has 0 saturated heterocycles. The van der Waals surface area contributed by atoms with Crippen LogP contribution in [0.5, 0.6) is 0 Å². The first-order valence-electron chi connectivity index (χ1n) is 12.9. The van der Waals surface area contributed by atoms with E-state index < -0.39 is 18.8 Å². The quantitative estimate of drug-likeness (QED) is 0.201. The number of alkyl halides is 1. The van der Waals surface area contributed by atoms with Crippen molar-refractivity contribution in [3.8, 4) is 6.07 Å². The molecule has 0 amide bonds. The van der Waals surface area contributed by atoms with Crippen LogP contribution < -0.4 is 10.6 Å². The van der Waals surface area contributed by atoms with E-state index in [-0.39, 0.29) is 11.4 Å². The Balaban J connectivity index is 1.42. The van der Waals surface area contributed by atoms with Crippen molar-refractivity contribution in [1.82, 2.24) is 20.0 Å². The van der Waals surface area contributed by atoms with Crippen molar-refractivity contribution in [3.63, 3.8) is 0 Å². The molecule has 1 saturated carbocycles. The van der Waals surface area contributed by atoms with Crippen LogP contribution in [-0.2, 0) is 0 Å². The van der Waals surface area contributed by atoms with E-state index in [1.54, 1.807) is 18.2 Å². The predicted molar refractivity (Wildman–Crippen MR) is 150 cm³/mol. The normalized spacial score (nSPS) is 14.4. The van der Waals surface area contributed by atoms with Crippen molar-refractivity contribution in [2.24, 2.45) is 0 Å². The summed E-state index contributed by atoms with van der Waals surface area (Å²) >= 11 is 6.70. The van der Waals surface area contributed by atoms with Crippen LogP contribution in [0.4, 0.5) is 20.2 Å². The zero-order valence-corrected chi connectivity index (χ0v) is 22.0. The van der Waals surface area contributed by atoms with Crippen molar-refractivity contribution in [2.75, 3.05) is 17.3 Å². The summed E-state index contributed by atoms with van der Waals surface area (Å²) < 4.78 is 29.8. The van der Waals surface area contributed by atoms with Crippen LogP contribution >= 0.6 is 11.6 Å². The molecule has 2 N–H and O–H groups in total. The Bertz CT molecular complexity index is 1700. The van der Waals surface area contributed by atoms with Gasteiger partial charge in [-0.2, -0.15) is 5.26 Å². The molecule has 2 aromatic heterocycles. The highest BCUT2D eigenvalue weighted by molar-refractivity contribution is 6.35. The van der Waals surface area contributed by atoms with Crippen molar-refractivity contribution in [3.05, 3.63) is 112 Å². The Morgan fingerprint density at radius 2 is 1.82 bits per heavy atom. The van der Waals surface area contributed by atoms with Gasteiger partial charge in [0.2, 0.25) is 0 Å². The highest BCUT2D eigenvalue weighted by Crippen LogP contribution is 2.38. The Morgan fingerprint density at radius 3 is 2.52 bits per heavy atom. The van der Waals surface area contributed by atoms with Gasteiger partial charge in [0.1, 0.15) is 24.3 Å². The van der Waals surface area contributed by atoms with Crippen molar-refractivity contribution >= 4 is 33.9 Å². The maximum atomic E-state index is 14.2. The summed E-state index contributed by atoms with van der Waals surface area (Å²) in [5, 5.41) is 26.2. The second-order valence-corrected chi connectivity index (χ2v) is 10.2. The number of aromatic nitrogens is 4. The van der Waals surface area contributed by atoms with Gasteiger partial charge in [-0.15, -0.1) is 5.10 Å². The van der Waals surface area contributed by atoms with Gasteiger partial charge in [0.15, 0.2) is 0 Å². The molecule has 7 nitrogen and oxygen atoms in total. The fourth-order valence-corrected chi connectivity index (χ4v) is 5.01. The molecule has 10 heteroatoms. The van der Waals surface area contributed by atoms with Crippen LogP contribution in [-0.4, -0.2) is 26.7 Å². The Kier molecular flexibility index (Phi) is 7.01. The largest absolute Gasteiger partial charge is 0.374 e. The van der Waals surface area contributed by atoms with Gasteiger partial charge in [-0.1, -0.05) is 59.3 Å². The monoisotopic (exact) mass is 555 g/mol. The van der Waals surface area contributed by atoms with Gasteiger partial charge in [0, 0.05) is 17.3 Å². The summed E-state index contributed by atoms with van der Waals surface area (Å²) in [7, 11) is 0. The SMILES string of the molecule is N#Cc1cnc2c(Cl)cc(NC(c3ccc(F)cc3)c3cn(C4CC4)nn3)cc2c1NC(CF)c1ccccc1. The second kappa shape index (κ2) is 10.9. The van der Waals surface area contributed by atoms with Crippen molar-refractivity contribution < 1.29 is 8.78 Å². The standard InChI is InChI=1S/C30H24ClF2N7/c31-25-13-22(36-29(19-6-8-21(33)9-7-19)27-17-40(39-38-27)23-10-11-23)12-24-28(20(15-34)16-35-30(24)25)37-26(14-32)18-4-2-1-3-5-18/h1-9,12-13,16-17,23,26,29,36H,10-11,14H2,(H,35,37). The summed E-state index contributed by atoms with van der Waals surface area (Å²) in [4.78, 5) is 4.41. The summed E-state index contributed by atoms with van der Waals surface area (Å²) in [6, 6.07) is 20.3. The van der Waals surface area contributed by atoms with Gasteiger partial charge in [-0.05, 0) is 48.2 Å². The number of nitriles is 1. The lowest BCUT2D eigenvalue weighted by molar-refractivity contribution is 0.453. The molecule has 40 heavy (non-hydrogen) atoms. The van der Waals surface area contributed by atoms with E-state index in [0.717, 1.165) is 24.0 Å². The Morgan fingerprint density at radius 1 is 1.05 bits per heavy atom. The van der Waals surface area contributed by atoms with Crippen LogP contribution in [0, 0.1) is 17.1 Å².